The van der Waals surface area contributed by atoms with Gasteiger partial charge < -0.3 is 5.32 Å². The molecule has 0 radical (unpaired) electrons. The smallest absolute Gasteiger partial charge is 0.0902 e. The third-order valence-electron chi connectivity index (χ3n) is 0.655. The van der Waals surface area contributed by atoms with Crippen molar-refractivity contribution in [2.75, 3.05) is 6.54 Å². The van der Waals surface area contributed by atoms with Crippen LogP contribution in [0.3, 0.4) is 0 Å². The van der Waals surface area contributed by atoms with Gasteiger partial charge in [-0.1, -0.05) is 12.2 Å². The van der Waals surface area contributed by atoms with Gasteiger partial charge in [-0.25, -0.2) is 0 Å². The molecule has 0 heterocycles. The van der Waals surface area contributed by atoms with Crippen LogP contribution in [0, 0.1) is 5.41 Å². The Labute approximate surface area is 50.1 Å². The van der Waals surface area contributed by atoms with Crippen LogP contribution in [0.4, 0.5) is 0 Å². The van der Waals surface area contributed by atoms with Gasteiger partial charge in [0.2, 0.25) is 0 Å². The van der Waals surface area contributed by atoms with Crippen molar-refractivity contribution in [2.45, 2.75) is 13.8 Å². The fourth-order valence-electron chi connectivity index (χ4n) is 0.283. The lowest BCUT2D eigenvalue weighted by Gasteiger charge is -2.00. The summed E-state index contributed by atoms with van der Waals surface area (Å²) in [6.45, 7) is 8.02. The van der Waals surface area contributed by atoms with Gasteiger partial charge in [-0.05, 0) is 13.8 Å². The first kappa shape index (κ1) is 7.21. The van der Waals surface area contributed by atoms with E-state index in [-0.39, 0.29) is 0 Å². The summed E-state index contributed by atoms with van der Waals surface area (Å²) in [6.07, 6.45) is 0. The minimum atomic E-state index is 0.494. The zero-order chi connectivity index (χ0) is 6.57. The SMILES string of the molecule is C=C(C)CNC(C)=N. The monoisotopic (exact) mass is 112 g/mol. The van der Waals surface area contributed by atoms with E-state index in [4.69, 9.17) is 5.41 Å². The van der Waals surface area contributed by atoms with Gasteiger partial charge >= 0.3 is 0 Å². The molecule has 0 saturated carbocycles. The minimum Gasteiger partial charge on any atom is -0.371 e. The fourth-order valence-corrected chi connectivity index (χ4v) is 0.283. The van der Waals surface area contributed by atoms with E-state index in [1.807, 2.05) is 6.92 Å². The van der Waals surface area contributed by atoms with E-state index in [2.05, 4.69) is 11.9 Å². The average molecular weight is 112 g/mol. The van der Waals surface area contributed by atoms with E-state index in [0.29, 0.717) is 5.84 Å². The molecule has 0 amide bonds. The second-order valence-electron chi connectivity index (χ2n) is 1.94. The first-order chi connectivity index (χ1) is 3.63. The Morgan fingerprint density at radius 3 is 2.25 bits per heavy atom. The summed E-state index contributed by atoms with van der Waals surface area (Å²) < 4.78 is 0. The van der Waals surface area contributed by atoms with Crippen molar-refractivity contribution in [3.63, 3.8) is 0 Å². The molecular weight excluding hydrogens is 100 g/mol. The number of amidine groups is 1. The van der Waals surface area contributed by atoms with Crippen LogP contribution in [0.5, 0.6) is 0 Å². The van der Waals surface area contributed by atoms with Crippen LogP contribution < -0.4 is 5.32 Å². The van der Waals surface area contributed by atoms with E-state index in [1.54, 1.807) is 6.92 Å². The molecule has 0 bridgehead atoms. The van der Waals surface area contributed by atoms with Crippen molar-refractivity contribution >= 4 is 5.84 Å². The summed E-state index contributed by atoms with van der Waals surface area (Å²) >= 11 is 0. The minimum absolute atomic E-state index is 0.494. The van der Waals surface area contributed by atoms with Crippen LogP contribution in [-0.2, 0) is 0 Å². The second kappa shape index (κ2) is 3.24. The number of rotatable bonds is 2. The molecular formula is C6H12N2. The Balaban J connectivity index is 3.18. The first-order valence-electron chi connectivity index (χ1n) is 2.56. The van der Waals surface area contributed by atoms with Crippen molar-refractivity contribution < 1.29 is 0 Å². The highest BCUT2D eigenvalue weighted by atomic mass is 14.9. The van der Waals surface area contributed by atoms with E-state index in [0.717, 1.165) is 12.1 Å². The Morgan fingerprint density at radius 2 is 2.12 bits per heavy atom. The summed E-state index contributed by atoms with van der Waals surface area (Å²) in [4.78, 5) is 0. The van der Waals surface area contributed by atoms with Crippen molar-refractivity contribution in [3.05, 3.63) is 12.2 Å². The van der Waals surface area contributed by atoms with E-state index >= 15 is 0 Å². The molecule has 0 aliphatic carbocycles. The molecule has 0 aromatic heterocycles. The Bertz CT molecular complexity index is 91.1. The molecule has 2 heteroatoms. The largest absolute Gasteiger partial charge is 0.371 e. The summed E-state index contributed by atoms with van der Waals surface area (Å²) in [7, 11) is 0. The van der Waals surface area contributed by atoms with Gasteiger partial charge in [0.15, 0.2) is 0 Å². The lowest BCUT2D eigenvalue weighted by atomic mass is 10.3. The summed E-state index contributed by atoms with van der Waals surface area (Å²) in [5.41, 5.74) is 1.05. The number of hydrogen-bond acceptors (Lipinski definition) is 1. The zero-order valence-corrected chi connectivity index (χ0v) is 5.41. The fraction of sp³-hybridized carbons (Fsp3) is 0.500. The van der Waals surface area contributed by atoms with Crippen molar-refractivity contribution in [3.8, 4) is 0 Å². The molecule has 2 nitrogen and oxygen atoms in total. The molecule has 0 unspecified atom stereocenters. The summed E-state index contributed by atoms with van der Waals surface area (Å²) in [6, 6.07) is 0. The van der Waals surface area contributed by atoms with Crippen LogP contribution in [0.1, 0.15) is 13.8 Å². The molecule has 0 aliphatic heterocycles. The molecule has 0 aromatic rings. The van der Waals surface area contributed by atoms with E-state index in [1.165, 1.54) is 0 Å². The predicted octanol–water partition coefficient (Wildman–Crippen LogP) is 1.15. The maximum Gasteiger partial charge on any atom is 0.0902 e. The highest BCUT2D eigenvalue weighted by molar-refractivity contribution is 5.76. The summed E-state index contributed by atoms with van der Waals surface area (Å²) in [5.74, 6) is 0.494. The Hall–Kier alpha value is -0.790. The topological polar surface area (TPSA) is 35.9 Å². The van der Waals surface area contributed by atoms with E-state index in [9.17, 15) is 0 Å². The van der Waals surface area contributed by atoms with E-state index < -0.39 is 0 Å². The second-order valence-corrected chi connectivity index (χ2v) is 1.94. The normalized spacial score (nSPS) is 8.25. The van der Waals surface area contributed by atoms with Crippen molar-refractivity contribution in [1.82, 2.24) is 5.32 Å². The van der Waals surface area contributed by atoms with Gasteiger partial charge in [0.1, 0.15) is 0 Å². The molecule has 2 N–H and O–H groups in total. The molecule has 0 spiro atoms. The van der Waals surface area contributed by atoms with Crippen LogP contribution >= 0.6 is 0 Å². The maximum atomic E-state index is 6.94. The highest BCUT2D eigenvalue weighted by Crippen LogP contribution is 1.79. The lowest BCUT2D eigenvalue weighted by molar-refractivity contribution is 0.971. The van der Waals surface area contributed by atoms with Crippen LogP contribution in [0.15, 0.2) is 12.2 Å². The van der Waals surface area contributed by atoms with Gasteiger partial charge in [0.05, 0.1) is 5.84 Å². The maximum absolute atomic E-state index is 6.94. The van der Waals surface area contributed by atoms with Gasteiger partial charge in [-0.15, -0.1) is 0 Å². The molecule has 0 fully saturated rings. The quantitative estimate of drug-likeness (QED) is 0.314. The third kappa shape index (κ3) is 5.21. The van der Waals surface area contributed by atoms with Gasteiger partial charge in [0.25, 0.3) is 0 Å². The Kier molecular flexibility index (Phi) is 2.92. The third-order valence-corrected chi connectivity index (χ3v) is 0.655. The summed E-state index contributed by atoms with van der Waals surface area (Å²) in [5, 5.41) is 9.76. The predicted molar refractivity (Wildman–Crippen MR) is 36.2 cm³/mol. The molecule has 0 aromatic carbocycles. The molecule has 0 saturated heterocycles. The standard InChI is InChI=1S/C6H12N2/c1-5(2)4-8-6(3)7/h1,4H2,2-3H3,(H2,7,8). The zero-order valence-electron chi connectivity index (χ0n) is 5.41. The first-order valence-corrected chi connectivity index (χ1v) is 2.56. The van der Waals surface area contributed by atoms with Crippen molar-refractivity contribution in [1.29, 1.82) is 5.41 Å². The van der Waals surface area contributed by atoms with Crippen LogP contribution in [0.25, 0.3) is 0 Å². The number of hydrogen-bond donors (Lipinski definition) is 2. The number of nitrogens with one attached hydrogen (secondary N) is 2. The molecule has 0 atom stereocenters. The van der Waals surface area contributed by atoms with Gasteiger partial charge in [-0.3, -0.25) is 5.41 Å². The average Bonchev–Trinajstić information content (AvgIpc) is 1.61. The Morgan fingerprint density at radius 1 is 1.62 bits per heavy atom. The van der Waals surface area contributed by atoms with Crippen LogP contribution in [-0.4, -0.2) is 12.4 Å². The molecule has 0 rings (SSSR count). The molecule has 0 aliphatic rings. The molecule has 46 valence electrons. The lowest BCUT2D eigenvalue weighted by Crippen LogP contribution is -2.20. The van der Waals surface area contributed by atoms with Gasteiger partial charge in [0, 0.05) is 6.54 Å². The van der Waals surface area contributed by atoms with Gasteiger partial charge in [-0.2, -0.15) is 0 Å². The highest BCUT2D eigenvalue weighted by Gasteiger charge is 1.83. The van der Waals surface area contributed by atoms with Crippen molar-refractivity contribution in [2.24, 2.45) is 0 Å². The molecule has 8 heavy (non-hydrogen) atoms. The van der Waals surface area contributed by atoms with Crippen LogP contribution in [0.2, 0.25) is 0 Å².